The van der Waals surface area contributed by atoms with Crippen LogP contribution >= 0.6 is 0 Å². The summed E-state index contributed by atoms with van der Waals surface area (Å²) in [5.41, 5.74) is 1.97. The third-order valence-corrected chi connectivity index (χ3v) is 5.78. The Morgan fingerprint density at radius 1 is 1.34 bits per heavy atom. The Bertz CT molecular complexity index is 891. The van der Waals surface area contributed by atoms with E-state index in [1.807, 2.05) is 41.2 Å². The minimum atomic E-state index is 0.0445. The molecule has 2 aromatic rings. The topological polar surface area (TPSA) is 83.8 Å². The van der Waals surface area contributed by atoms with Crippen LogP contribution in [0.4, 0.5) is 0 Å². The maximum Gasteiger partial charge on any atom is 0.220 e. The lowest BCUT2D eigenvalue weighted by Crippen LogP contribution is -2.51. The van der Waals surface area contributed by atoms with E-state index in [9.17, 15) is 4.79 Å². The van der Waals surface area contributed by atoms with E-state index in [1.165, 1.54) is 0 Å². The first-order valence-electron chi connectivity index (χ1n) is 10.0. The number of piperidine rings is 1. The third-order valence-electron chi connectivity index (χ3n) is 5.78. The zero-order valence-electron chi connectivity index (χ0n) is 17.0. The number of likely N-dealkylation sites (tertiary alicyclic amines) is 1. The van der Waals surface area contributed by atoms with Crippen molar-refractivity contribution in [2.45, 2.75) is 25.8 Å². The number of aliphatic imine (C=N–C) groups is 1. The average molecular weight is 396 g/mol. The van der Waals surface area contributed by atoms with Crippen molar-refractivity contribution in [3.8, 4) is 11.4 Å². The molecule has 154 valence electrons. The summed E-state index contributed by atoms with van der Waals surface area (Å²) in [5, 5.41) is 11.1. The highest BCUT2D eigenvalue weighted by molar-refractivity contribution is 5.81. The fourth-order valence-electron chi connectivity index (χ4n) is 4.27. The van der Waals surface area contributed by atoms with Crippen molar-refractivity contribution >= 4 is 11.9 Å². The van der Waals surface area contributed by atoms with Crippen LogP contribution in [0, 0.1) is 5.41 Å². The number of amides is 1. The number of aromatic nitrogens is 2. The average Bonchev–Trinajstić information content (AvgIpc) is 3.36. The number of hydrogen-bond acceptors (Lipinski definition) is 4. The van der Waals surface area contributed by atoms with Gasteiger partial charge in [0.25, 0.3) is 0 Å². The van der Waals surface area contributed by atoms with Gasteiger partial charge < -0.3 is 20.3 Å². The second-order valence-corrected chi connectivity index (χ2v) is 7.83. The molecule has 0 aliphatic carbocycles. The number of guanidine groups is 1. The fraction of sp³-hybridized carbons (Fsp3) is 0.476. The summed E-state index contributed by atoms with van der Waals surface area (Å²) in [4.78, 5) is 18.5. The molecule has 1 aromatic carbocycles. The molecule has 2 N–H and O–H groups in total. The predicted molar refractivity (Wildman–Crippen MR) is 111 cm³/mol. The van der Waals surface area contributed by atoms with E-state index in [0.717, 1.165) is 55.6 Å². The molecule has 1 amide bonds. The molecule has 1 aromatic heterocycles. The maximum atomic E-state index is 11.7. The number of carbonyl (C=O) groups is 1. The Morgan fingerprint density at radius 3 is 2.86 bits per heavy atom. The normalized spacial score (nSPS) is 22.1. The second kappa shape index (κ2) is 8.14. The predicted octanol–water partition coefficient (Wildman–Crippen LogP) is 1.56. The van der Waals surface area contributed by atoms with Gasteiger partial charge in [-0.1, -0.05) is 0 Å². The van der Waals surface area contributed by atoms with Crippen molar-refractivity contribution in [2.24, 2.45) is 10.4 Å². The molecule has 8 heteroatoms. The number of carbonyl (C=O) groups excluding carboxylic acids is 1. The minimum absolute atomic E-state index is 0.0445. The highest BCUT2D eigenvalue weighted by Gasteiger charge is 2.42. The van der Waals surface area contributed by atoms with Crippen LogP contribution in [0.3, 0.4) is 0 Å². The van der Waals surface area contributed by atoms with E-state index >= 15 is 0 Å². The highest BCUT2D eigenvalue weighted by Crippen LogP contribution is 2.36. The van der Waals surface area contributed by atoms with Gasteiger partial charge in [-0.3, -0.25) is 9.79 Å². The summed E-state index contributed by atoms with van der Waals surface area (Å²) in [7, 11) is 3.46. The summed E-state index contributed by atoms with van der Waals surface area (Å²) in [6, 6.07) is 9.80. The minimum Gasteiger partial charge on any atom is -0.497 e. The number of rotatable bonds is 4. The van der Waals surface area contributed by atoms with Gasteiger partial charge in [-0.05, 0) is 43.2 Å². The molecule has 2 aliphatic rings. The van der Waals surface area contributed by atoms with Gasteiger partial charge in [0.1, 0.15) is 5.75 Å². The molecule has 2 saturated heterocycles. The number of ether oxygens (including phenoxy) is 1. The first-order chi connectivity index (χ1) is 14.1. The van der Waals surface area contributed by atoms with Gasteiger partial charge >= 0.3 is 0 Å². The number of nitrogens with zero attached hydrogens (tertiary/aromatic N) is 4. The molecule has 29 heavy (non-hydrogen) atoms. The van der Waals surface area contributed by atoms with Gasteiger partial charge in [-0.25, -0.2) is 4.68 Å². The van der Waals surface area contributed by atoms with Crippen molar-refractivity contribution < 1.29 is 9.53 Å². The SMILES string of the molecule is CN=C(NCc1ccn(-c2ccc(OC)cc2)n1)N1CCCC2(CNC(=O)C2)C1. The van der Waals surface area contributed by atoms with Crippen LogP contribution in [-0.4, -0.2) is 60.3 Å². The standard InChI is InChI=1S/C21H28N6O2/c1-22-20(26-10-3-9-21(15-26)12-19(28)24-14-21)23-13-16-8-11-27(25-16)17-4-6-18(29-2)7-5-17/h4-8,11H,3,9-10,12-15H2,1-2H3,(H,22,23)(H,24,28). The van der Waals surface area contributed by atoms with Crippen molar-refractivity contribution in [1.82, 2.24) is 25.3 Å². The molecule has 0 radical (unpaired) electrons. The maximum absolute atomic E-state index is 11.7. The monoisotopic (exact) mass is 396 g/mol. The zero-order chi connectivity index (χ0) is 20.3. The molecule has 0 bridgehead atoms. The molecule has 2 fully saturated rings. The number of methoxy groups -OCH3 is 1. The van der Waals surface area contributed by atoms with Crippen molar-refractivity contribution in [3.63, 3.8) is 0 Å². The van der Waals surface area contributed by atoms with Gasteiger partial charge in [0, 0.05) is 44.7 Å². The molecule has 1 unspecified atom stereocenters. The van der Waals surface area contributed by atoms with Crippen LogP contribution in [0.1, 0.15) is 25.0 Å². The Kier molecular flexibility index (Phi) is 5.42. The Hall–Kier alpha value is -3.03. The van der Waals surface area contributed by atoms with E-state index in [2.05, 4.69) is 25.6 Å². The lowest BCUT2D eigenvalue weighted by Gasteiger charge is -2.40. The van der Waals surface area contributed by atoms with Crippen LogP contribution in [0.15, 0.2) is 41.5 Å². The van der Waals surface area contributed by atoms with E-state index in [4.69, 9.17) is 4.74 Å². The zero-order valence-corrected chi connectivity index (χ0v) is 17.0. The van der Waals surface area contributed by atoms with Crippen LogP contribution in [0.2, 0.25) is 0 Å². The summed E-state index contributed by atoms with van der Waals surface area (Å²) >= 11 is 0. The first kappa shape index (κ1) is 19.3. The van der Waals surface area contributed by atoms with Gasteiger partial charge in [-0.15, -0.1) is 0 Å². The van der Waals surface area contributed by atoms with E-state index in [-0.39, 0.29) is 11.3 Å². The van der Waals surface area contributed by atoms with Crippen LogP contribution in [-0.2, 0) is 11.3 Å². The molecule has 3 heterocycles. The number of nitrogens with one attached hydrogen (secondary N) is 2. The van der Waals surface area contributed by atoms with Gasteiger partial charge in [0.15, 0.2) is 5.96 Å². The van der Waals surface area contributed by atoms with Crippen molar-refractivity contribution in [2.75, 3.05) is 33.8 Å². The molecule has 1 spiro atoms. The van der Waals surface area contributed by atoms with E-state index < -0.39 is 0 Å². The summed E-state index contributed by atoms with van der Waals surface area (Å²) < 4.78 is 7.06. The van der Waals surface area contributed by atoms with Gasteiger partial charge in [-0.2, -0.15) is 5.10 Å². The van der Waals surface area contributed by atoms with Crippen molar-refractivity contribution in [3.05, 3.63) is 42.2 Å². The molecular formula is C21H28N6O2. The van der Waals surface area contributed by atoms with Crippen molar-refractivity contribution in [1.29, 1.82) is 0 Å². The highest BCUT2D eigenvalue weighted by atomic mass is 16.5. The summed E-state index contributed by atoms with van der Waals surface area (Å²) in [6.07, 6.45) is 4.73. The number of benzene rings is 1. The smallest absolute Gasteiger partial charge is 0.220 e. The molecule has 2 aliphatic heterocycles. The fourth-order valence-corrected chi connectivity index (χ4v) is 4.27. The molecular weight excluding hydrogens is 368 g/mol. The van der Waals surface area contributed by atoms with Gasteiger partial charge in [0.05, 0.1) is 25.0 Å². The molecule has 4 rings (SSSR count). The summed E-state index contributed by atoms with van der Waals surface area (Å²) in [6.45, 7) is 3.17. The first-order valence-corrected chi connectivity index (χ1v) is 10.0. The van der Waals surface area contributed by atoms with Gasteiger partial charge in [0.2, 0.25) is 5.91 Å². The largest absolute Gasteiger partial charge is 0.497 e. The van der Waals surface area contributed by atoms with Crippen LogP contribution in [0.25, 0.3) is 5.69 Å². The quantitative estimate of drug-likeness (QED) is 0.605. The van der Waals surface area contributed by atoms with E-state index in [0.29, 0.717) is 13.0 Å². The Balaban J connectivity index is 1.37. The Labute approximate surface area is 170 Å². The summed E-state index contributed by atoms with van der Waals surface area (Å²) in [5.74, 6) is 1.85. The number of hydrogen-bond donors (Lipinski definition) is 2. The van der Waals surface area contributed by atoms with Crippen LogP contribution < -0.4 is 15.4 Å². The third kappa shape index (κ3) is 4.21. The molecule has 0 saturated carbocycles. The lowest BCUT2D eigenvalue weighted by atomic mass is 9.79. The molecule has 1 atom stereocenters. The Morgan fingerprint density at radius 2 is 2.17 bits per heavy atom. The van der Waals surface area contributed by atoms with E-state index in [1.54, 1.807) is 14.2 Å². The lowest BCUT2D eigenvalue weighted by molar-refractivity contribution is -0.119. The van der Waals surface area contributed by atoms with Crippen LogP contribution in [0.5, 0.6) is 5.75 Å². The molecule has 8 nitrogen and oxygen atoms in total. The second-order valence-electron chi connectivity index (χ2n) is 7.83.